The van der Waals surface area contributed by atoms with E-state index in [4.69, 9.17) is 4.84 Å². The van der Waals surface area contributed by atoms with E-state index in [0.29, 0.717) is 15.7 Å². The van der Waals surface area contributed by atoms with Gasteiger partial charge in [0, 0.05) is 22.7 Å². The Kier molecular flexibility index (Phi) is 5.36. The first kappa shape index (κ1) is 17.5. The number of rotatable bonds is 3. The molecule has 0 aliphatic rings. The van der Waals surface area contributed by atoms with E-state index in [-0.39, 0.29) is 5.91 Å². The van der Waals surface area contributed by atoms with Gasteiger partial charge in [-0.15, -0.1) is 0 Å². The molecule has 0 fully saturated rings. The van der Waals surface area contributed by atoms with Crippen molar-refractivity contribution in [3.8, 4) is 0 Å². The lowest BCUT2D eigenvalue weighted by Crippen LogP contribution is -2.45. The molecule has 1 aromatic carbocycles. The topological polar surface area (TPSA) is 70.1 Å². The molecule has 0 saturated heterocycles. The highest BCUT2D eigenvalue weighted by Gasteiger charge is 2.28. The van der Waals surface area contributed by atoms with Crippen molar-refractivity contribution in [2.24, 2.45) is 0 Å². The molecular weight excluding hydrogens is 340 g/mol. The van der Waals surface area contributed by atoms with E-state index < -0.39 is 11.6 Å². The molecule has 0 heterocycles. The van der Waals surface area contributed by atoms with E-state index in [1.165, 1.54) is 19.1 Å². The zero-order valence-electron chi connectivity index (χ0n) is 12.7. The highest BCUT2D eigenvalue weighted by atomic mass is 79.9. The number of amides is 2. The van der Waals surface area contributed by atoms with Gasteiger partial charge in [0.05, 0.1) is 12.7 Å². The number of carbonyl (C=O) groups excluding carboxylic acids is 1. The third-order valence-corrected chi connectivity index (χ3v) is 3.52. The van der Waals surface area contributed by atoms with Crippen molar-refractivity contribution in [3.05, 3.63) is 28.2 Å². The molecule has 0 spiro atoms. The summed E-state index contributed by atoms with van der Waals surface area (Å²) in [6.07, 6.45) is -1.05. The first-order valence-electron chi connectivity index (χ1n) is 6.24. The number of nitrogens with zero attached hydrogens (tertiary/aromatic N) is 2. The molecule has 21 heavy (non-hydrogen) atoms. The van der Waals surface area contributed by atoms with Gasteiger partial charge in [-0.05, 0) is 54.9 Å². The first-order chi connectivity index (χ1) is 9.59. The minimum atomic E-state index is -1.05. The van der Waals surface area contributed by atoms with Crippen molar-refractivity contribution < 1.29 is 19.5 Å². The molecular formula is C14H19BrN2O4. The lowest BCUT2D eigenvalue weighted by molar-refractivity contribution is -0.0757. The number of hydrogen-bond donors (Lipinski definition) is 1. The lowest BCUT2D eigenvalue weighted by Gasteiger charge is -2.33. The maximum atomic E-state index is 12.0. The molecule has 0 saturated carbocycles. The van der Waals surface area contributed by atoms with Gasteiger partial charge >= 0.3 is 6.09 Å². The van der Waals surface area contributed by atoms with Gasteiger partial charge in [-0.1, -0.05) is 0 Å². The van der Waals surface area contributed by atoms with Gasteiger partial charge in [-0.3, -0.25) is 14.5 Å². The molecule has 0 bridgehead atoms. The third-order valence-electron chi connectivity index (χ3n) is 2.86. The van der Waals surface area contributed by atoms with Crippen LogP contribution in [0.4, 0.5) is 10.5 Å². The molecule has 0 radical (unpaired) electrons. The summed E-state index contributed by atoms with van der Waals surface area (Å²) in [6, 6.07) is 4.77. The second-order valence-corrected chi connectivity index (χ2v) is 6.29. The summed E-state index contributed by atoms with van der Waals surface area (Å²) in [5.74, 6) is -0.325. The van der Waals surface area contributed by atoms with Gasteiger partial charge in [-0.25, -0.2) is 9.86 Å². The highest BCUT2D eigenvalue weighted by Crippen LogP contribution is 2.29. The van der Waals surface area contributed by atoms with Gasteiger partial charge in [0.15, 0.2) is 0 Å². The molecule has 0 aromatic heterocycles. The fraction of sp³-hybridized carbons (Fsp3) is 0.429. The molecule has 0 aliphatic carbocycles. The van der Waals surface area contributed by atoms with Gasteiger partial charge in [0.2, 0.25) is 0 Å². The Hall–Kier alpha value is -1.60. The van der Waals surface area contributed by atoms with Crippen molar-refractivity contribution in [1.29, 1.82) is 0 Å². The van der Waals surface area contributed by atoms with E-state index in [1.54, 1.807) is 39.0 Å². The number of benzene rings is 1. The predicted octanol–water partition coefficient (Wildman–Crippen LogP) is 3.37. The Morgan fingerprint density at radius 1 is 1.29 bits per heavy atom. The molecule has 0 aliphatic heterocycles. The fourth-order valence-corrected chi connectivity index (χ4v) is 2.39. The molecule has 1 N–H and O–H groups in total. The van der Waals surface area contributed by atoms with E-state index in [1.807, 2.05) is 0 Å². The molecule has 0 unspecified atom stereocenters. The lowest BCUT2D eigenvalue weighted by atomic mass is 10.0. The largest absolute Gasteiger partial charge is 0.465 e. The minimum absolute atomic E-state index is 0.325. The standard InChI is InChI=1S/C14H19BrN2O4/c1-14(2,3)17(13(19)20)9-6-7-10(11(15)8-9)12(18)16(4)21-5/h6-8H,1-5H3,(H,19,20). The van der Waals surface area contributed by atoms with E-state index in [9.17, 15) is 14.7 Å². The predicted molar refractivity (Wildman–Crippen MR) is 83.5 cm³/mol. The van der Waals surface area contributed by atoms with Crippen molar-refractivity contribution in [1.82, 2.24) is 5.06 Å². The van der Waals surface area contributed by atoms with Gasteiger partial charge in [0.1, 0.15) is 0 Å². The van der Waals surface area contributed by atoms with E-state index >= 15 is 0 Å². The average molecular weight is 359 g/mol. The molecule has 2 amide bonds. The normalized spacial score (nSPS) is 11.1. The number of hydrogen-bond acceptors (Lipinski definition) is 3. The number of halogens is 1. The van der Waals surface area contributed by atoms with Crippen LogP contribution in [0.2, 0.25) is 0 Å². The quantitative estimate of drug-likeness (QED) is 0.841. The first-order valence-corrected chi connectivity index (χ1v) is 7.03. The molecule has 116 valence electrons. The Bertz CT molecular complexity index is 554. The van der Waals surface area contributed by atoms with Crippen LogP contribution in [0.15, 0.2) is 22.7 Å². The summed E-state index contributed by atoms with van der Waals surface area (Å²) in [4.78, 5) is 29.6. The smallest absolute Gasteiger partial charge is 0.412 e. The maximum Gasteiger partial charge on any atom is 0.412 e. The number of carbonyl (C=O) groups is 2. The molecule has 1 rings (SSSR count). The van der Waals surface area contributed by atoms with Crippen LogP contribution >= 0.6 is 15.9 Å². The number of anilines is 1. The number of carboxylic acid groups (broad SMARTS) is 1. The van der Waals surface area contributed by atoms with Crippen LogP contribution in [-0.2, 0) is 4.84 Å². The van der Waals surface area contributed by atoms with Gasteiger partial charge in [0.25, 0.3) is 5.91 Å². The maximum absolute atomic E-state index is 12.0. The Labute approximate surface area is 132 Å². The van der Waals surface area contributed by atoms with Crippen LogP contribution < -0.4 is 4.90 Å². The Balaban J connectivity index is 3.24. The van der Waals surface area contributed by atoms with Gasteiger partial charge < -0.3 is 5.11 Å². The fourth-order valence-electron chi connectivity index (χ4n) is 1.85. The number of hydroxylamine groups is 2. The second kappa shape index (κ2) is 6.44. The van der Waals surface area contributed by atoms with Crippen LogP contribution in [-0.4, -0.2) is 41.9 Å². The van der Waals surface area contributed by atoms with Crippen molar-refractivity contribution >= 4 is 33.6 Å². The van der Waals surface area contributed by atoms with Crippen molar-refractivity contribution in [2.45, 2.75) is 26.3 Å². The Morgan fingerprint density at radius 3 is 2.24 bits per heavy atom. The Morgan fingerprint density at radius 2 is 1.86 bits per heavy atom. The van der Waals surface area contributed by atoms with Crippen LogP contribution in [0.3, 0.4) is 0 Å². The summed E-state index contributed by atoms with van der Waals surface area (Å²) < 4.78 is 0.504. The SMILES string of the molecule is CON(C)C(=O)c1ccc(N(C(=O)O)C(C)(C)C)cc1Br. The minimum Gasteiger partial charge on any atom is -0.465 e. The molecule has 1 aromatic rings. The average Bonchev–Trinajstić information content (AvgIpc) is 2.35. The zero-order chi connectivity index (χ0) is 16.4. The van der Waals surface area contributed by atoms with E-state index in [0.717, 1.165) is 5.06 Å². The van der Waals surface area contributed by atoms with Crippen molar-refractivity contribution in [3.63, 3.8) is 0 Å². The van der Waals surface area contributed by atoms with Crippen LogP contribution in [0.1, 0.15) is 31.1 Å². The molecule has 6 nitrogen and oxygen atoms in total. The summed E-state index contributed by atoms with van der Waals surface area (Å²) in [5, 5.41) is 10.5. The summed E-state index contributed by atoms with van der Waals surface area (Å²) in [6.45, 7) is 5.40. The third kappa shape index (κ3) is 3.95. The van der Waals surface area contributed by atoms with Crippen LogP contribution in [0.5, 0.6) is 0 Å². The summed E-state index contributed by atoms with van der Waals surface area (Å²) >= 11 is 3.31. The zero-order valence-corrected chi connectivity index (χ0v) is 14.3. The molecule has 7 heteroatoms. The highest BCUT2D eigenvalue weighted by molar-refractivity contribution is 9.10. The van der Waals surface area contributed by atoms with Crippen LogP contribution in [0, 0.1) is 0 Å². The van der Waals surface area contributed by atoms with Crippen LogP contribution in [0.25, 0.3) is 0 Å². The summed E-state index contributed by atoms with van der Waals surface area (Å²) in [7, 11) is 2.90. The second-order valence-electron chi connectivity index (χ2n) is 5.44. The molecule has 0 atom stereocenters. The monoisotopic (exact) mass is 358 g/mol. The van der Waals surface area contributed by atoms with E-state index in [2.05, 4.69) is 15.9 Å². The summed E-state index contributed by atoms with van der Waals surface area (Å²) in [5.41, 5.74) is 0.279. The van der Waals surface area contributed by atoms with Gasteiger partial charge in [-0.2, -0.15) is 0 Å². The van der Waals surface area contributed by atoms with Crippen molar-refractivity contribution in [2.75, 3.05) is 19.1 Å².